The summed E-state index contributed by atoms with van der Waals surface area (Å²) >= 11 is 0. The number of para-hydroxylation sites is 1. The van der Waals surface area contributed by atoms with E-state index in [4.69, 9.17) is 4.42 Å². The van der Waals surface area contributed by atoms with Crippen molar-refractivity contribution in [1.82, 2.24) is 4.31 Å². The Balaban J connectivity index is 1.63. The fraction of sp³-hybridized carbons (Fsp3) is 0.304. The van der Waals surface area contributed by atoms with E-state index >= 15 is 0 Å². The second-order valence-corrected chi connectivity index (χ2v) is 9.63. The van der Waals surface area contributed by atoms with Crippen LogP contribution in [0.15, 0.2) is 62.6 Å². The van der Waals surface area contributed by atoms with Gasteiger partial charge in [-0.25, -0.2) is 8.42 Å². The Hall–Kier alpha value is -2.97. The molecule has 0 aliphatic carbocycles. The number of carbonyl (C=O) groups excluding carboxylic acids is 1. The van der Waals surface area contributed by atoms with Crippen molar-refractivity contribution < 1.29 is 17.6 Å². The molecule has 0 atom stereocenters. The molecule has 0 radical (unpaired) electrons. The monoisotopic (exact) mass is 440 g/mol. The average molecular weight is 441 g/mol. The van der Waals surface area contributed by atoms with Crippen LogP contribution >= 0.6 is 0 Å². The fourth-order valence-electron chi connectivity index (χ4n) is 3.79. The number of carbonyl (C=O) groups is 1. The predicted octanol–water partition coefficient (Wildman–Crippen LogP) is 3.92. The lowest BCUT2D eigenvalue weighted by atomic mass is 10.2. The molecular formula is C23H24N2O5S. The number of nitrogens with one attached hydrogen (secondary N) is 1. The van der Waals surface area contributed by atoms with Crippen LogP contribution in [0.25, 0.3) is 11.0 Å². The lowest BCUT2D eigenvalue weighted by Gasteiger charge is -2.21. The van der Waals surface area contributed by atoms with Crippen molar-refractivity contribution in [2.24, 2.45) is 0 Å². The summed E-state index contributed by atoms with van der Waals surface area (Å²) in [5.74, 6) is -0.758. The number of rotatable bonds is 4. The molecule has 1 N–H and O–H groups in total. The highest BCUT2D eigenvalue weighted by Crippen LogP contribution is 2.26. The molecule has 2 aromatic carbocycles. The number of hydrogen-bond acceptors (Lipinski definition) is 5. The molecule has 1 aromatic heterocycles. The highest BCUT2D eigenvalue weighted by molar-refractivity contribution is 7.89. The zero-order valence-electron chi connectivity index (χ0n) is 17.3. The van der Waals surface area contributed by atoms with E-state index in [1.165, 1.54) is 10.4 Å². The van der Waals surface area contributed by atoms with Gasteiger partial charge in [0.15, 0.2) is 11.2 Å². The van der Waals surface area contributed by atoms with Crippen molar-refractivity contribution in [3.05, 3.63) is 70.1 Å². The molecule has 4 rings (SSSR count). The van der Waals surface area contributed by atoms with Crippen LogP contribution in [0.1, 0.15) is 41.8 Å². The van der Waals surface area contributed by atoms with Gasteiger partial charge in [0, 0.05) is 24.8 Å². The van der Waals surface area contributed by atoms with Crippen LogP contribution in [-0.2, 0) is 10.0 Å². The van der Waals surface area contributed by atoms with Crippen molar-refractivity contribution in [2.75, 3.05) is 18.4 Å². The van der Waals surface area contributed by atoms with Crippen LogP contribution < -0.4 is 10.7 Å². The Labute approximate surface area is 180 Å². The SMILES string of the molecule is Cc1ccc(NC(=O)c2cc(=O)c3ccccc3o2)cc1S(=O)(=O)N1CCCCCC1. The van der Waals surface area contributed by atoms with Crippen molar-refractivity contribution in [2.45, 2.75) is 37.5 Å². The minimum absolute atomic E-state index is 0.138. The minimum atomic E-state index is -3.67. The van der Waals surface area contributed by atoms with E-state index < -0.39 is 15.9 Å². The number of sulfonamides is 1. The third-order valence-electron chi connectivity index (χ3n) is 5.49. The molecule has 2 heterocycles. The van der Waals surface area contributed by atoms with Gasteiger partial charge in [-0.15, -0.1) is 0 Å². The van der Waals surface area contributed by atoms with Gasteiger partial charge in [-0.1, -0.05) is 31.0 Å². The van der Waals surface area contributed by atoms with Gasteiger partial charge in [0.05, 0.1) is 10.3 Å². The van der Waals surface area contributed by atoms with Crippen LogP contribution in [0.4, 0.5) is 5.69 Å². The van der Waals surface area contributed by atoms with Crippen molar-refractivity contribution >= 4 is 32.6 Å². The van der Waals surface area contributed by atoms with Gasteiger partial charge in [0.2, 0.25) is 10.0 Å². The van der Waals surface area contributed by atoms with E-state index in [9.17, 15) is 18.0 Å². The second-order valence-electron chi connectivity index (χ2n) is 7.72. The predicted molar refractivity (Wildman–Crippen MR) is 119 cm³/mol. The molecule has 8 heteroatoms. The van der Waals surface area contributed by atoms with Crippen LogP contribution in [-0.4, -0.2) is 31.7 Å². The molecule has 0 spiro atoms. The van der Waals surface area contributed by atoms with Crippen molar-refractivity contribution in [3.63, 3.8) is 0 Å². The zero-order valence-corrected chi connectivity index (χ0v) is 18.1. The van der Waals surface area contributed by atoms with Gasteiger partial charge in [-0.05, 0) is 49.6 Å². The van der Waals surface area contributed by atoms with E-state index in [0.29, 0.717) is 35.3 Å². The number of aryl methyl sites for hydroxylation is 1. The molecule has 3 aromatic rings. The van der Waals surface area contributed by atoms with Crippen LogP contribution in [0, 0.1) is 6.92 Å². The maximum absolute atomic E-state index is 13.2. The van der Waals surface area contributed by atoms with E-state index in [-0.39, 0.29) is 16.1 Å². The number of hydrogen-bond donors (Lipinski definition) is 1. The Morgan fingerprint density at radius 1 is 1.00 bits per heavy atom. The van der Waals surface area contributed by atoms with Crippen LogP contribution in [0.2, 0.25) is 0 Å². The molecule has 162 valence electrons. The van der Waals surface area contributed by atoms with E-state index in [0.717, 1.165) is 31.7 Å². The summed E-state index contributed by atoms with van der Waals surface area (Å²) in [5.41, 5.74) is 0.924. The third-order valence-corrected chi connectivity index (χ3v) is 7.53. The molecule has 1 fully saturated rings. The van der Waals surface area contributed by atoms with Gasteiger partial charge in [0.25, 0.3) is 5.91 Å². The first kappa shape index (κ1) is 21.3. The number of fused-ring (bicyclic) bond motifs is 1. The number of amides is 1. The van der Waals surface area contributed by atoms with Crippen molar-refractivity contribution in [1.29, 1.82) is 0 Å². The highest BCUT2D eigenvalue weighted by Gasteiger charge is 2.27. The first-order valence-corrected chi connectivity index (χ1v) is 11.8. The summed E-state index contributed by atoms with van der Waals surface area (Å²) in [5, 5.41) is 3.04. The average Bonchev–Trinajstić information content (AvgIpc) is 3.05. The fourth-order valence-corrected chi connectivity index (χ4v) is 5.55. The summed E-state index contributed by atoms with van der Waals surface area (Å²) in [6, 6.07) is 12.6. The largest absolute Gasteiger partial charge is 0.451 e. The van der Waals surface area contributed by atoms with Crippen molar-refractivity contribution in [3.8, 4) is 0 Å². The maximum Gasteiger partial charge on any atom is 0.291 e. The summed E-state index contributed by atoms with van der Waals surface area (Å²) < 4.78 is 33.5. The number of nitrogens with zero attached hydrogens (tertiary/aromatic N) is 1. The lowest BCUT2D eigenvalue weighted by Crippen LogP contribution is -2.32. The quantitative estimate of drug-likeness (QED) is 0.663. The molecule has 1 aliphatic rings. The normalized spacial score (nSPS) is 15.5. The molecule has 1 amide bonds. The Morgan fingerprint density at radius 2 is 1.71 bits per heavy atom. The molecule has 31 heavy (non-hydrogen) atoms. The number of benzene rings is 2. The standard InChI is InChI=1S/C23H24N2O5S/c1-16-10-11-17(14-22(16)31(28,29)25-12-6-2-3-7-13-25)24-23(27)21-15-19(26)18-8-4-5-9-20(18)30-21/h4-5,8-11,14-15H,2-3,6-7,12-13H2,1H3,(H,24,27). The first-order valence-electron chi connectivity index (χ1n) is 10.3. The number of anilines is 1. The van der Waals surface area contributed by atoms with Gasteiger partial charge >= 0.3 is 0 Å². The Morgan fingerprint density at radius 3 is 2.45 bits per heavy atom. The second kappa shape index (κ2) is 8.64. The molecular weight excluding hydrogens is 416 g/mol. The van der Waals surface area contributed by atoms with E-state index in [2.05, 4.69) is 5.32 Å². The molecule has 7 nitrogen and oxygen atoms in total. The van der Waals surface area contributed by atoms with E-state index in [1.54, 1.807) is 43.3 Å². The van der Waals surface area contributed by atoms with Gasteiger partial charge < -0.3 is 9.73 Å². The summed E-state index contributed by atoms with van der Waals surface area (Å²) in [4.78, 5) is 25.1. The Bertz CT molecular complexity index is 1290. The topological polar surface area (TPSA) is 96.7 Å². The van der Waals surface area contributed by atoms with Crippen LogP contribution in [0.3, 0.4) is 0 Å². The van der Waals surface area contributed by atoms with E-state index in [1.807, 2.05) is 0 Å². The summed E-state index contributed by atoms with van der Waals surface area (Å²) in [6.07, 6.45) is 3.74. The van der Waals surface area contributed by atoms with Crippen LogP contribution in [0.5, 0.6) is 0 Å². The summed E-state index contributed by atoms with van der Waals surface area (Å²) in [7, 11) is -3.67. The highest BCUT2D eigenvalue weighted by atomic mass is 32.2. The molecule has 1 aliphatic heterocycles. The van der Waals surface area contributed by atoms with Gasteiger partial charge in [0.1, 0.15) is 5.58 Å². The molecule has 0 saturated carbocycles. The first-order chi connectivity index (χ1) is 14.9. The minimum Gasteiger partial charge on any atom is -0.451 e. The Kier molecular flexibility index (Phi) is 5.93. The van der Waals surface area contributed by atoms with Gasteiger partial charge in [-0.2, -0.15) is 4.31 Å². The summed E-state index contributed by atoms with van der Waals surface area (Å²) in [6.45, 7) is 2.74. The molecule has 1 saturated heterocycles. The molecule has 0 unspecified atom stereocenters. The molecule has 0 bridgehead atoms. The lowest BCUT2D eigenvalue weighted by molar-refractivity contribution is 0.0997. The third kappa shape index (κ3) is 4.40. The maximum atomic E-state index is 13.2. The zero-order chi connectivity index (χ0) is 22.0. The smallest absolute Gasteiger partial charge is 0.291 e. The van der Waals surface area contributed by atoms with Gasteiger partial charge in [-0.3, -0.25) is 9.59 Å².